The van der Waals surface area contributed by atoms with Crippen molar-refractivity contribution >= 4 is 0 Å². The highest BCUT2D eigenvalue weighted by atomic mass is 16.5. The van der Waals surface area contributed by atoms with Gasteiger partial charge < -0.3 is 9.30 Å². The fourth-order valence-electron chi connectivity index (χ4n) is 3.55. The van der Waals surface area contributed by atoms with Crippen LogP contribution in [0.1, 0.15) is 30.0 Å². The predicted molar refractivity (Wildman–Crippen MR) is 117 cm³/mol. The van der Waals surface area contributed by atoms with Gasteiger partial charge in [-0.05, 0) is 42.7 Å². The number of nitrogens with zero attached hydrogens (tertiary/aromatic N) is 3. The molecule has 2 aromatic heterocycles. The summed E-state index contributed by atoms with van der Waals surface area (Å²) < 4.78 is 7.50. The third-order valence-corrected chi connectivity index (χ3v) is 5.11. The minimum absolute atomic E-state index is 0.0890. The van der Waals surface area contributed by atoms with Crippen LogP contribution in [0.3, 0.4) is 0 Å². The first-order valence-corrected chi connectivity index (χ1v) is 9.89. The van der Waals surface area contributed by atoms with E-state index in [4.69, 9.17) is 4.74 Å². The monoisotopic (exact) mass is 397 g/mol. The van der Waals surface area contributed by atoms with Crippen molar-refractivity contribution in [3.63, 3.8) is 0 Å². The standard InChI is InChI=1S/C25H23N3O2/c1-18-15-23(30-17-24-26-13-6-14-27-24)16-25(29)28(18)19(2)20-9-11-22(12-10-20)21-7-4-3-5-8-21/h3-16,19H,17H2,1-2H3/t19-/m1/s1. The van der Waals surface area contributed by atoms with Gasteiger partial charge in [0.1, 0.15) is 12.4 Å². The second kappa shape index (κ2) is 8.74. The van der Waals surface area contributed by atoms with Crippen molar-refractivity contribution in [2.45, 2.75) is 26.5 Å². The molecule has 0 fully saturated rings. The summed E-state index contributed by atoms with van der Waals surface area (Å²) in [5, 5.41) is 0. The van der Waals surface area contributed by atoms with Gasteiger partial charge in [-0.15, -0.1) is 0 Å². The second-order valence-electron chi connectivity index (χ2n) is 7.16. The Kier molecular flexibility index (Phi) is 5.70. The van der Waals surface area contributed by atoms with Crippen molar-refractivity contribution in [2.24, 2.45) is 0 Å². The number of aryl methyl sites for hydroxylation is 1. The topological polar surface area (TPSA) is 57.0 Å². The molecule has 0 aliphatic rings. The lowest BCUT2D eigenvalue weighted by Gasteiger charge is -2.20. The number of hydrogen-bond acceptors (Lipinski definition) is 4. The van der Waals surface area contributed by atoms with Crippen LogP contribution in [0.2, 0.25) is 0 Å². The number of rotatable bonds is 6. The minimum Gasteiger partial charge on any atom is -0.485 e. The van der Waals surface area contributed by atoms with E-state index < -0.39 is 0 Å². The van der Waals surface area contributed by atoms with Crippen molar-refractivity contribution in [1.82, 2.24) is 14.5 Å². The van der Waals surface area contributed by atoms with E-state index in [1.165, 1.54) is 11.6 Å². The number of benzene rings is 2. The SMILES string of the molecule is Cc1cc(OCc2ncccn2)cc(=O)n1[C@H](C)c1ccc(-c2ccccc2)cc1. The summed E-state index contributed by atoms with van der Waals surface area (Å²) in [5.41, 5.74) is 4.15. The van der Waals surface area contributed by atoms with E-state index >= 15 is 0 Å². The molecule has 2 aromatic carbocycles. The van der Waals surface area contributed by atoms with Crippen LogP contribution in [0, 0.1) is 6.92 Å². The Morgan fingerprint density at radius 2 is 1.57 bits per heavy atom. The summed E-state index contributed by atoms with van der Waals surface area (Å²) in [7, 11) is 0. The molecule has 0 radical (unpaired) electrons. The highest BCUT2D eigenvalue weighted by molar-refractivity contribution is 5.63. The molecule has 150 valence electrons. The zero-order valence-corrected chi connectivity index (χ0v) is 17.0. The molecule has 0 aliphatic carbocycles. The Balaban J connectivity index is 1.54. The molecule has 0 unspecified atom stereocenters. The van der Waals surface area contributed by atoms with Gasteiger partial charge in [-0.25, -0.2) is 9.97 Å². The summed E-state index contributed by atoms with van der Waals surface area (Å²) in [6.45, 7) is 4.17. The predicted octanol–water partition coefficient (Wildman–Crippen LogP) is 4.80. The zero-order chi connectivity index (χ0) is 20.9. The normalized spacial score (nSPS) is 11.8. The van der Waals surface area contributed by atoms with Gasteiger partial charge in [0.05, 0.1) is 6.04 Å². The van der Waals surface area contributed by atoms with E-state index in [2.05, 4.69) is 46.4 Å². The number of ether oxygens (including phenoxy) is 1. The molecule has 1 atom stereocenters. The fraction of sp³-hybridized carbons (Fsp3) is 0.160. The quantitative estimate of drug-likeness (QED) is 0.469. The lowest BCUT2D eigenvalue weighted by atomic mass is 10.0. The highest BCUT2D eigenvalue weighted by Crippen LogP contribution is 2.24. The van der Waals surface area contributed by atoms with Crippen LogP contribution < -0.4 is 10.3 Å². The van der Waals surface area contributed by atoms with Crippen LogP contribution in [0.15, 0.2) is 90.0 Å². The van der Waals surface area contributed by atoms with Gasteiger partial charge in [0, 0.05) is 24.2 Å². The van der Waals surface area contributed by atoms with Gasteiger partial charge in [0.25, 0.3) is 5.56 Å². The maximum Gasteiger partial charge on any atom is 0.254 e. The molecule has 5 nitrogen and oxygen atoms in total. The lowest BCUT2D eigenvalue weighted by Crippen LogP contribution is -2.25. The van der Waals surface area contributed by atoms with Gasteiger partial charge in [0.2, 0.25) is 0 Å². The zero-order valence-electron chi connectivity index (χ0n) is 17.0. The summed E-state index contributed by atoms with van der Waals surface area (Å²) in [5.74, 6) is 1.10. The summed E-state index contributed by atoms with van der Waals surface area (Å²) >= 11 is 0. The number of aromatic nitrogens is 3. The van der Waals surface area contributed by atoms with Crippen LogP contribution in [-0.2, 0) is 6.61 Å². The lowest BCUT2D eigenvalue weighted by molar-refractivity contribution is 0.294. The van der Waals surface area contributed by atoms with Crippen LogP contribution in [0.4, 0.5) is 0 Å². The van der Waals surface area contributed by atoms with Crippen LogP contribution in [0.25, 0.3) is 11.1 Å². The van der Waals surface area contributed by atoms with Crippen molar-refractivity contribution in [3.05, 3.63) is 113 Å². The van der Waals surface area contributed by atoms with Crippen LogP contribution in [-0.4, -0.2) is 14.5 Å². The van der Waals surface area contributed by atoms with E-state index in [1.54, 1.807) is 23.0 Å². The third kappa shape index (κ3) is 4.30. The van der Waals surface area contributed by atoms with Gasteiger partial charge in [0.15, 0.2) is 5.82 Å². The number of hydrogen-bond donors (Lipinski definition) is 0. The molecule has 0 amide bonds. The van der Waals surface area contributed by atoms with Gasteiger partial charge >= 0.3 is 0 Å². The molecule has 5 heteroatoms. The minimum atomic E-state index is -0.0985. The van der Waals surface area contributed by atoms with E-state index in [1.807, 2.05) is 38.1 Å². The summed E-state index contributed by atoms with van der Waals surface area (Å²) in [6.07, 6.45) is 3.33. The van der Waals surface area contributed by atoms with Gasteiger partial charge in [-0.3, -0.25) is 4.79 Å². The average Bonchev–Trinajstić information content (AvgIpc) is 2.78. The molecular formula is C25H23N3O2. The fourth-order valence-corrected chi connectivity index (χ4v) is 3.55. The number of pyridine rings is 1. The van der Waals surface area contributed by atoms with Crippen molar-refractivity contribution in [2.75, 3.05) is 0 Å². The molecule has 4 rings (SSSR count). The average molecular weight is 397 g/mol. The Morgan fingerprint density at radius 1 is 0.900 bits per heavy atom. The second-order valence-corrected chi connectivity index (χ2v) is 7.16. The van der Waals surface area contributed by atoms with E-state index in [9.17, 15) is 4.79 Å². The first-order valence-electron chi connectivity index (χ1n) is 9.89. The first kappa shape index (κ1) is 19.6. The van der Waals surface area contributed by atoms with E-state index in [0.29, 0.717) is 11.6 Å². The molecule has 0 spiro atoms. The Bertz CT molecular complexity index is 1170. The molecule has 0 saturated carbocycles. The maximum atomic E-state index is 12.8. The molecule has 0 aliphatic heterocycles. The van der Waals surface area contributed by atoms with Crippen molar-refractivity contribution in [3.8, 4) is 16.9 Å². The molecule has 2 heterocycles. The Hall–Kier alpha value is -3.73. The first-order chi connectivity index (χ1) is 14.6. The third-order valence-electron chi connectivity index (χ3n) is 5.11. The van der Waals surface area contributed by atoms with E-state index in [-0.39, 0.29) is 18.2 Å². The Labute approximate surface area is 175 Å². The molecule has 0 bridgehead atoms. The van der Waals surface area contributed by atoms with E-state index in [0.717, 1.165) is 16.8 Å². The van der Waals surface area contributed by atoms with Crippen LogP contribution in [0.5, 0.6) is 5.75 Å². The Morgan fingerprint density at radius 3 is 2.23 bits per heavy atom. The molecule has 0 N–H and O–H groups in total. The van der Waals surface area contributed by atoms with Crippen molar-refractivity contribution in [1.29, 1.82) is 0 Å². The van der Waals surface area contributed by atoms with Crippen molar-refractivity contribution < 1.29 is 4.74 Å². The van der Waals surface area contributed by atoms with Gasteiger partial charge in [-0.2, -0.15) is 0 Å². The molecule has 4 aromatic rings. The molecule has 0 saturated heterocycles. The largest absolute Gasteiger partial charge is 0.485 e. The smallest absolute Gasteiger partial charge is 0.254 e. The maximum absolute atomic E-state index is 12.8. The molecular weight excluding hydrogens is 374 g/mol. The highest BCUT2D eigenvalue weighted by Gasteiger charge is 2.14. The molecule has 30 heavy (non-hydrogen) atoms. The van der Waals surface area contributed by atoms with Gasteiger partial charge in [-0.1, -0.05) is 54.6 Å². The summed E-state index contributed by atoms with van der Waals surface area (Å²) in [6, 6.07) is 23.7. The summed E-state index contributed by atoms with van der Waals surface area (Å²) in [4.78, 5) is 21.1. The van der Waals surface area contributed by atoms with Crippen LogP contribution >= 0.6 is 0 Å².